The molecule has 1 aliphatic rings. The first-order valence-corrected chi connectivity index (χ1v) is 13.8. The van der Waals surface area contributed by atoms with Crippen molar-refractivity contribution in [3.8, 4) is 0 Å². The minimum absolute atomic E-state index is 0.0274. The van der Waals surface area contributed by atoms with Crippen LogP contribution >= 0.6 is 23.1 Å². The Morgan fingerprint density at radius 3 is 2.59 bits per heavy atom. The molecule has 2 heterocycles. The van der Waals surface area contributed by atoms with Gasteiger partial charge in [-0.3, -0.25) is 4.79 Å². The number of rotatable bonds is 8. The standard InChI is InChI=1S/C22H24N4O3S3/c1-16-7-9-18(10-8-16)23-21-24-25-22(31-21)30-14-20(27)26(13-17-5-3-2-4-6-17)19-11-12-32(28,29)15-19/h2-10,19H,11-15H2,1H3,(H,23,24). The Bertz CT molecular complexity index is 1160. The van der Waals surface area contributed by atoms with Crippen molar-refractivity contribution in [3.63, 3.8) is 0 Å². The average molecular weight is 489 g/mol. The second-order valence-electron chi connectivity index (χ2n) is 7.72. The quantitative estimate of drug-likeness (QED) is 0.481. The molecule has 1 amide bonds. The summed E-state index contributed by atoms with van der Waals surface area (Å²) < 4.78 is 24.7. The number of nitrogens with zero attached hydrogens (tertiary/aromatic N) is 3. The first kappa shape index (κ1) is 22.8. The number of carbonyl (C=O) groups is 1. The first-order chi connectivity index (χ1) is 15.4. The maximum Gasteiger partial charge on any atom is 0.233 e. The fourth-order valence-corrected chi connectivity index (χ4v) is 6.90. The number of amides is 1. The molecule has 1 fully saturated rings. The SMILES string of the molecule is Cc1ccc(Nc2nnc(SCC(=O)N(Cc3ccccc3)C3CCS(=O)(=O)C3)s2)cc1. The van der Waals surface area contributed by atoms with Crippen molar-refractivity contribution in [1.29, 1.82) is 0 Å². The van der Waals surface area contributed by atoms with Crippen LogP contribution in [0.4, 0.5) is 10.8 Å². The molecule has 3 aromatic rings. The molecule has 1 saturated heterocycles. The zero-order chi connectivity index (χ0) is 22.6. The number of hydrogen-bond donors (Lipinski definition) is 1. The van der Waals surface area contributed by atoms with Gasteiger partial charge in [-0.15, -0.1) is 10.2 Å². The number of sulfone groups is 1. The summed E-state index contributed by atoms with van der Waals surface area (Å²) in [7, 11) is -3.09. The van der Waals surface area contributed by atoms with Crippen molar-refractivity contribution in [2.45, 2.75) is 30.3 Å². The van der Waals surface area contributed by atoms with Crippen LogP contribution in [0.3, 0.4) is 0 Å². The van der Waals surface area contributed by atoms with E-state index in [1.54, 1.807) is 4.90 Å². The van der Waals surface area contributed by atoms with E-state index in [0.717, 1.165) is 11.3 Å². The van der Waals surface area contributed by atoms with Gasteiger partial charge in [-0.1, -0.05) is 71.1 Å². The van der Waals surface area contributed by atoms with E-state index in [1.165, 1.54) is 28.7 Å². The third kappa shape index (κ3) is 6.08. The molecule has 0 spiro atoms. The van der Waals surface area contributed by atoms with Crippen LogP contribution < -0.4 is 5.32 Å². The van der Waals surface area contributed by atoms with E-state index in [0.29, 0.717) is 22.4 Å². The zero-order valence-electron chi connectivity index (χ0n) is 17.6. The molecule has 1 atom stereocenters. The fourth-order valence-electron chi connectivity index (χ4n) is 3.51. The molecule has 0 radical (unpaired) electrons. The second kappa shape index (κ2) is 10.0. The molecule has 0 aliphatic carbocycles. The van der Waals surface area contributed by atoms with E-state index in [2.05, 4.69) is 15.5 Å². The number of aromatic nitrogens is 2. The third-order valence-electron chi connectivity index (χ3n) is 5.19. The highest BCUT2D eigenvalue weighted by molar-refractivity contribution is 8.01. The smallest absolute Gasteiger partial charge is 0.233 e. The first-order valence-electron chi connectivity index (χ1n) is 10.2. The van der Waals surface area contributed by atoms with Crippen LogP contribution in [0, 0.1) is 6.92 Å². The number of nitrogens with one attached hydrogen (secondary N) is 1. The average Bonchev–Trinajstić information content (AvgIpc) is 3.38. The molecule has 0 saturated carbocycles. The van der Waals surface area contributed by atoms with Crippen LogP contribution in [0.5, 0.6) is 0 Å². The molecule has 1 aliphatic heterocycles. The number of benzene rings is 2. The molecule has 10 heteroatoms. The number of anilines is 2. The van der Waals surface area contributed by atoms with Gasteiger partial charge in [0.15, 0.2) is 14.2 Å². The van der Waals surface area contributed by atoms with Crippen LogP contribution in [-0.2, 0) is 21.2 Å². The lowest BCUT2D eigenvalue weighted by Gasteiger charge is -2.28. The van der Waals surface area contributed by atoms with Crippen molar-refractivity contribution >= 4 is 49.7 Å². The molecule has 2 aromatic carbocycles. The molecule has 1 N–H and O–H groups in total. The van der Waals surface area contributed by atoms with Gasteiger partial charge in [-0.25, -0.2) is 8.42 Å². The Hall–Kier alpha value is -2.43. The summed E-state index contributed by atoms with van der Waals surface area (Å²) in [6.45, 7) is 2.43. The van der Waals surface area contributed by atoms with Crippen molar-refractivity contribution < 1.29 is 13.2 Å². The van der Waals surface area contributed by atoms with Gasteiger partial charge in [0.25, 0.3) is 0 Å². The molecule has 32 heavy (non-hydrogen) atoms. The topological polar surface area (TPSA) is 92.3 Å². The van der Waals surface area contributed by atoms with E-state index in [4.69, 9.17) is 0 Å². The number of carbonyl (C=O) groups excluding carboxylic acids is 1. The normalized spacial score (nSPS) is 17.2. The summed E-state index contributed by atoms with van der Waals surface area (Å²) in [5.74, 6) is 0.250. The molecule has 1 aromatic heterocycles. The van der Waals surface area contributed by atoms with Gasteiger partial charge in [-0.05, 0) is 31.0 Å². The largest absolute Gasteiger partial charge is 0.334 e. The summed E-state index contributed by atoms with van der Waals surface area (Å²) in [6.07, 6.45) is 0.481. The molecule has 0 bridgehead atoms. The van der Waals surface area contributed by atoms with Crippen molar-refractivity contribution in [2.24, 2.45) is 0 Å². The lowest BCUT2D eigenvalue weighted by molar-refractivity contribution is -0.130. The highest BCUT2D eigenvalue weighted by Gasteiger charge is 2.34. The van der Waals surface area contributed by atoms with Crippen LogP contribution in [0.2, 0.25) is 0 Å². The van der Waals surface area contributed by atoms with E-state index < -0.39 is 9.84 Å². The van der Waals surface area contributed by atoms with Crippen LogP contribution in [-0.4, -0.2) is 52.7 Å². The predicted molar refractivity (Wildman–Crippen MR) is 129 cm³/mol. The van der Waals surface area contributed by atoms with Crippen LogP contribution in [0.15, 0.2) is 58.9 Å². The highest BCUT2D eigenvalue weighted by Crippen LogP contribution is 2.29. The van der Waals surface area contributed by atoms with Gasteiger partial charge in [-0.2, -0.15) is 0 Å². The summed E-state index contributed by atoms with van der Waals surface area (Å²) >= 11 is 2.71. The Morgan fingerprint density at radius 2 is 1.91 bits per heavy atom. The zero-order valence-corrected chi connectivity index (χ0v) is 20.0. The monoisotopic (exact) mass is 488 g/mol. The highest BCUT2D eigenvalue weighted by atomic mass is 32.2. The third-order valence-corrected chi connectivity index (χ3v) is 8.90. The molecule has 168 valence electrons. The molecule has 1 unspecified atom stereocenters. The van der Waals surface area contributed by atoms with Crippen molar-refractivity contribution in [2.75, 3.05) is 22.6 Å². The number of thioether (sulfide) groups is 1. The predicted octanol–water partition coefficient (Wildman–Crippen LogP) is 3.90. The lowest BCUT2D eigenvalue weighted by atomic mass is 10.1. The number of aryl methyl sites for hydroxylation is 1. The van der Waals surface area contributed by atoms with Crippen LogP contribution in [0.1, 0.15) is 17.5 Å². The van der Waals surface area contributed by atoms with Gasteiger partial charge >= 0.3 is 0 Å². The van der Waals surface area contributed by atoms with Gasteiger partial charge in [0.05, 0.1) is 17.3 Å². The van der Waals surface area contributed by atoms with E-state index >= 15 is 0 Å². The maximum atomic E-state index is 13.1. The van der Waals surface area contributed by atoms with E-state index in [9.17, 15) is 13.2 Å². The van der Waals surface area contributed by atoms with E-state index in [1.807, 2.05) is 61.5 Å². The lowest BCUT2D eigenvalue weighted by Crippen LogP contribution is -2.41. The van der Waals surface area contributed by atoms with Crippen molar-refractivity contribution in [3.05, 3.63) is 65.7 Å². The minimum Gasteiger partial charge on any atom is -0.334 e. The summed E-state index contributed by atoms with van der Waals surface area (Å²) in [6, 6.07) is 17.3. The molecular formula is C22H24N4O3S3. The Morgan fingerprint density at radius 1 is 1.16 bits per heavy atom. The summed E-state index contributed by atoms with van der Waals surface area (Å²) in [4.78, 5) is 14.8. The van der Waals surface area contributed by atoms with Gasteiger partial charge in [0.1, 0.15) is 0 Å². The summed E-state index contributed by atoms with van der Waals surface area (Å²) in [5.41, 5.74) is 3.09. The molecule has 7 nitrogen and oxygen atoms in total. The maximum absolute atomic E-state index is 13.1. The molecular weight excluding hydrogens is 464 g/mol. The Balaban J connectivity index is 1.39. The van der Waals surface area contributed by atoms with Gasteiger partial charge in [0.2, 0.25) is 11.0 Å². The van der Waals surface area contributed by atoms with E-state index in [-0.39, 0.29) is 29.2 Å². The molecule has 4 rings (SSSR count). The van der Waals surface area contributed by atoms with Crippen LogP contribution in [0.25, 0.3) is 0 Å². The Kier molecular flexibility index (Phi) is 7.12. The summed E-state index contributed by atoms with van der Waals surface area (Å²) in [5, 5.41) is 12.2. The van der Waals surface area contributed by atoms with Gasteiger partial charge in [0, 0.05) is 18.3 Å². The second-order valence-corrected chi connectivity index (χ2v) is 12.1. The fraction of sp³-hybridized carbons (Fsp3) is 0.318. The van der Waals surface area contributed by atoms with Gasteiger partial charge < -0.3 is 10.2 Å². The number of hydrogen-bond acceptors (Lipinski definition) is 8. The van der Waals surface area contributed by atoms with Crippen molar-refractivity contribution in [1.82, 2.24) is 15.1 Å². The minimum atomic E-state index is -3.09. The Labute approximate surface area is 196 Å².